The molecule has 0 amide bonds. The van der Waals surface area contributed by atoms with Crippen molar-refractivity contribution >= 4 is 50.6 Å². The number of Topliss-reactive ketones (excluding diaryl/α,β-unsaturated/α-hetero) is 1. The molecule has 4 aromatic rings. The molecule has 0 radical (unpaired) electrons. The average molecular weight is 348 g/mol. The number of anilines is 2. The lowest BCUT2D eigenvalue weighted by atomic mass is 10.0. The van der Waals surface area contributed by atoms with Crippen molar-refractivity contribution in [3.05, 3.63) is 71.5 Å². The lowest BCUT2D eigenvalue weighted by molar-refractivity contribution is 0.101. The summed E-state index contributed by atoms with van der Waals surface area (Å²) in [6.45, 7) is 1.55. The van der Waals surface area contributed by atoms with Gasteiger partial charge >= 0.3 is 0 Å². The summed E-state index contributed by atoms with van der Waals surface area (Å²) in [5.74, 6) is 0.732. The molecular formula is C20H14ClN3O. The highest BCUT2D eigenvalue weighted by Gasteiger charge is 2.10. The first-order chi connectivity index (χ1) is 12.1. The van der Waals surface area contributed by atoms with Crippen molar-refractivity contribution in [3.63, 3.8) is 0 Å². The summed E-state index contributed by atoms with van der Waals surface area (Å²) in [7, 11) is 0. The predicted molar refractivity (Wildman–Crippen MR) is 102 cm³/mol. The first-order valence-electron chi connectivity index (χ1n) is 7.83. The number of rotatable bonds is 3. The second kappa shape index (κ2) is 6.15. The van der Waals surface area contributed by atoms with Crippen molar-refractivity contribution < 1.29 is 4.79 Å². The minimum Gasteiger partial charge on any atom is -0.340 e. The number of carbonyl (C=O) groups excluding carboxylic acids is 1. The lowest BCUT2D eigenvalue weighted by Crippen LogP contribution is -1.98. The number of hydrogen-bond donors (Lipinski definition) is 1. The Hall–Kier alpha value is -2.98. The molecule has 0 atom stereocenters. The number of benzene rings is 2. The highest BCUT2D eigenvalue weighted by atomic mass is 35.5. The minimum absolute atomic E-state index is 0.0159. The van der Waals surface area contributed by atoms with Crippen molar-refractivity contribution in [2.75, 3.05) is 5.32 Å². The molecule has 0 spiro atoms. The zero-order valence-electron chi connectivity index (χ0n) is 13.5. The van der Waals surface area contributed by atoms with Gasteiger partial charge in [-0.25, -0.2) is 4.98 Å². The molecule has 4 rings (SSSR count). The minimum atomic E-state index is 0.0159. The largest absolute Gasteiger partial charge is 0.340 e. The van der Waals surface area contributed by atoms with Gasteiger partial charge in [0.2, 0.25) is 0 Å². The van der Waals surface area contributed by atoms with Crippen LogP contribution in [0.15, 0.2) is 60.9 Å². The molecule has 0 fully saturated rings. The zero-order chi connectivity index (χ0) is 17.4. The molecule has 0 saturated heterocycles. The number of carbonyl (C=O) groups is 1. The number of ketones is 1. The molecule has 2 aromatic carbocycles. The fraction of sp³-hybridized carbons (Fsp3) is 0.0500. The van der Waals surface area contributed by atoms with Gasteiger partial charge in [-0.3, -0.25) is 9.78 Å². The molecule has 0 saturated carbocycles. The lowest BCUT2D eigenvalue weighted by Gasteiger charge is -2.12. The maximum absolute atomic E-state index is 11.7. The van der Waals surface area contributed by atoms with Crippen LogP contribution >= 0.6 is 11.6 Å². The Morgan fingerprint density at radius 3 is 2.56 bits per heavy atom. The van der Waals surface area contributed by atoms with Crippen LogP contribution in [0.3, 0.4) is 0 Å². The van der Waals surface area contributed by atoms with Crippen LogP contribution in [-0.4, -0.2) is 15.8 Å². The number of pyridine rings is 2. The summed E-state index contributed by atoms with van der Waals surface area (Å²) in [5.41, 5.74) is 2.28. The SMILES string of the molecule is CC(=O)c1ccc2c(c1)nc(Nc1ccc(Cl)cc1)c1ccncc12. The number of hydrogen-bond acceptors (Lipinski definition) is 4. The second-order valence-electron chi connectivity index (χ2n) is 5.80. The summed E-state index contributed by atoms with van der Waals surface area (Å²) in [6, 6.07) is 14.9. The molecule has 0 aliphatic rings. The van der Waals surface area contributed by atoms with Crippen LogP contribution in [0, 0.1) is 0 Å². The number of nitrogens with zero attached hydrogens (tertiary/aromatic N) is 2. The van der Waals surface area contributed by atoms with Crippen LogP contribution in [0.5, 0.6) is 0 Å². The third kappa shape index (κ3) is 2.92. The summed E-state index contributed by atoms with van der Waals surface area (Å²) >= 11 is 5.95. The maximum atomic E-state index is 11.7. The second-order valence-corrected chi connectivity index (χ2v) is 6.24. The molecule has 2 aromatic heterocycles. The molecule has 0 aliphatic carbocycles. The van der Waals surface area contributed by atoms with E-state index in [0.29, 0.717) is 16.4 Å². The first-order valence-corrected chi connectivity index (χ1v) is 8.20. The van der Waals surface area contributed by atoms with Crippen LogP contribution in [-0.2, 0) is 0 Å². The molecule has 2 heterocycles. The van der Waals surface area contributed by atoms with Crippen molar-refractivity contribution in [2.45, 2.75) is 6.92 Å². The molecule has 0 unspecified atom stereocenters. The van der Waals surface area contributed by atoms with E-state index >= 15 is 0 Å². The van der Waals surface area contributed by atoms with Gasteiger partial charge in [0.05, 0.1) is 5.52 Å². The van der Waals surface area contributed by atoms with E-state index in [1.807, 2.05) is 54.7 Å². The third-order valence-corrected chi connectivity index (χ3v) is 4.36. The quantitative estimate of drug-likeness (QED) is 0.399. The normalized spacial score (nSPS) is 11.0. The highest BCUT2D eigenvalue weighted by Crippen LogP contribution is 2.31. The summed E-state index contributed by atoms with van der Waals surface area (Å²) in [5, 5.41) is 6.93. The van der Waals surface area contributed by atoms with Crippen LogP contribution < -0.4 is 5.32 Å². The van der Waals surface area contributed by atoms with Gasteiger partial charge in [-0.1, -0.05) is 23.7 Å². The van der Waals surface area contributed by atoms with E-state index in [1.54, 1.807) is 13.1 Å². The standard InChI is InChI=1S/C20H14ClN3O/c1-12(25)13-2-7-16-18-11-22-9-8-17(18)20(24-19(16)10-13)23-15-5-3-14(21)4-6-15/h2-11H,1H3,(H,23,24). The molecule has 0 bridgehead atoms. The van der Waals surface area contributed by atoms with E-state index in [9.17, 15) is 4.79 Å². The summed E-state index contributed by atoms with van der Waals surface area (Å²) in [6.07, 6.45) is 3.56. The number of halogens is 1. The van der Waals surface area contributed by atoms with Crippen LogP contribution in [0.4, 0.5) is 11.5 Å². The van der Waals surface area contributed by atoms with E-state index < -0.39 is 0 Å². The van der Waals surface area contributed by atoms with Crippen molar-refractivity contribution in [3.8, 4) is 0 Å². The number of nitrogens with one attached hydrogen (secondary N) is 1. The fourth-order valence-corrected chi connectivity index (χ4v) is 2.96. The summed E-state index contributed by atoms with van der Waals surface area (Å²) in [4.78, 5) is 20.7. The van der Waals surface area contributed by atoms with Crippen LogP contribution in [0.1, 0.15) is 17.3 Å². The van der Waals surface area contributed by atoms with E-state index in [4.69, 9.17) is 16.6 Å². The van der Waals surface area contributed by atoms with E-state index in [0.717, 1.165) is 27.4 Å². The Labute approximate surface area is 149 Å². The van der Waals surface area contributed by atoms with Gasteiger partial charge in [-0.2, -0.15) is 0 Å². The molecule has 1 N–H and O–H groups in total. The van der Waals surface area contributed by atoms with Crippen molar-refractivity contribution in [2.24, 2.45) is 0 Å². The molecule has 5 heteroatoms. The number of aromatic nitrogens is 2. The smallest absolute Gasteiger partial charge is 0.159 e. The predicted octanol–water partition coefficient (Wildman–Crippen LogP) is 5.38. The van der Waals surface area contributed by atoms with Crippen molar-refractivity contribution in [1.82, 2.24) is 9.97 Å². The van der Waals surface area contributed by atoms with Gasteiger partial charge in [0.1, 0.15) is 5.82 Å². The monoisotopic (exact) mass is 347 g/mol. The van der Waals surface area contributed by atoms with Gasteiger partial charge in [-0.15, -0.1) is 0 Å². The maximum Gasteiger partial charge on any atom is 0.159 e. The van der Waals surface area contributed by atoms with Crippen molar-refractivity contribution in [1.29, 1.82) is 0 Å². The summed E-state index contributed by atoms with van der Waals surface area (Å²) < 4.78 is 0. The Morgan fingerprint density at radius 2 is 1.80 bits per heavy atom. The molecule has 4 nitrogen and oxygen atoms in total. The average Bonchev–Trinajstić information content (AvgIpc) is 2.63. The van der Waals surface area contributed by atoms with Gasteiger partial charge in [0.15, 0.2) is 5.78 Å². The Bertz CT molecular complexity index is 1110. The van der Waals surface area contributed by atoms with E-state index in [2.05, 4.69) is 10.3 Å². The highest BCUT2D eigenvalue weighted by molar-refractivity contribution is 6.30. The molecular weight excluding hydrogens is 334 g/mol. The Balaban J connectivity index is 1.94. The number of fused-ring (bicyclic) bond motifs is 3. The Kier molecular flexibility index (Phi) is 3.82. The van der Waals surface area contributed by atoms with Crippen LogP contribution in [0.25, 0.3) is 21.7 Å². The molecule has 25 heavy (non-hydrogen) atoms. The topological polar surface area (TPSA) is 54.9 Å². The Morgan fingerprint density at radius 1 is 1.00 bits per heavy atom. The molecule has 122 valence electrons. The van der Waals surface area contributed by atoms with Gasteiger partial charge in [0.25, 0.3) is 0 Å². The van der Waals surface area contributed by atoms with Gasteiger partial charge in [-0.05, 0) is 43.3 Å². The third-order valence-electron chi connectivity index (χ3n) is 4.11. The van der Waals surface area contributed by atoms with E-state index in [-0.39, 0.29) is 5.78 Å². The zero-order valence-corrected chi connectivity index (χ0v) is 14.2. The molecule has 0 aliphatic heterocycles. The fourth-order valence-electron chi connectivity index (χ4n) is 2.83. The van der Waals surface area contributed by atoms with E-state index in [1.165, 1.54) is 0 Å². The van der Waals surface area contributed by atoms with Crippen LogP contribution in [0.2, 0.25) is 5.02 Å². The first kappa shape index (κ1) is 15.5. The van der Waals surface area contributed by atoms with Gasteiger partial charge < -0.3 is 5.32 Å². The van der Waals surface area contributed by atoms with Gasteiger partial charge in [0, 0.05) is 44.8 Å².